The molecule has 0 radical (unpaired) electrons. The Balaban J connectivity index is 1.94. The van der Waals surface area contributed by atoms with E-state index in [9.17, 15) is 4.79 Å². The number of rotatable bonds is 6. The van der Waals surface area contributed by atoms with Crippen molar-refractivity contribution in [3.8, 4) is 0 Å². The lowest BCUT2D eigenvalue weighted by Gasteiger charge is -2.19. The van der Waals surface area contributed by atoms with Gasteiger partial charge in [-0.05, 0) is 31.0 Å². The van der Waals surface area contributed by atoms with Gasteiger partial charge in [0.15, 0.2) is 0 Å². The van der Waals surface area contributed by atoms with Gasteiger partial charge in [0.2, 0.25) is 0 Å². The summed E-state index contributed by atoms with van der Waals surface area (Å²) in [6.07, 6.45) is 0.901. The molecule has 3 rings (SSSR count). The first kappa shape index (κ1) is 16.4. The van der Waals surface area contributed by atoms with Crippen LogP contribution in [0.3, 0.4) is 0 Å². The monoisotopic (exact) mass is 321 g/mol. The number of nitrogens with one attached hydrogen (secondary N) is 1. The molecular formula is C20H23N3O. The molecular weight excluding hydrogens is 298 g/mol. The third-order valence-corrected chi connectivity index (χ3v) is 4.18. The molecule has 0 spiro atoms. The zero-order chi connectivity index (χ0) is 16.9. The first-order chi connectivity index (χ1) is 11.7. The van der Waals surface area contributed by atoms with E-state index in [1.165, 1.54) is 5.56 Å². The molecule has 0 aliphatic carbocycles. The second-order valence-corrected chi connectivity index (χ2v) is 6.03. The fraction of sp³-hybridized carbons (Fsp3) is 0.300. The zero-order valence-corrected chi connectivity index (χ0v) is 14.2. The van der Waals surface area contributed by atoms with E-state index in [-0.39, 0.29) is 11.6 Å². The summed E-state index contributed by atoms with van der Waals surface area (Å²) in [4.78, 5) is 17.6. The van der Waals surface area contributed by atoms with Gasteiger partial charge >= 0.3 is 0 Å². The largest absolute Gasteiger partial charge is 0.303 e. The van der Waals surface area contributed by atoms with Crippen molar-refractivity contribution in [2.45, 2.75) is 39.4 Å². The van der Waals surface area contributed by atoms with Crippen LogP contribution in [0.4, 0.5) is 0 Å². The third-order valence-electron chi connectivity index (χ3n) is 4.18. The minimum atomic E-state index is -0.00550. The molecule has 2 aromatic carbocycles. The lowest BCUT2D eigenvalue weighted by Crippen LogP contribution is -2.31. The van der Waals surface area contributed by atoms with Crippen molar-refractivity contribution >= 4 is 10.9 Å². The standard InChI is InChI=1S/C20H23N3O/c1-3-13-23-19(15(2)21-14-16-9-5-4-6-10-16)22-18-12-8-7-11-17(18)20(23)24/h4-12,15,21H,3,13-14H2,1-2H3. The van der Waals surface area contributed by atoms with Crippen LogP contribution in [0.1, 0.15) is 37.7 Å². The van der Waals surface area contributed by atoms with Crippen LogP contribution in [0.25, 0.3) is 10.9 Å². The molecule has 0 amide bonds. The fourth-order valence-electron chi connectivity index (χ4n) is 2.91. The van der Waals surface area contributed by atoms with Gasteiger partial charge in [0.1, 0.15) is 5.82 Å². The zero-order valence-electron chi connectivity index (χ0n) is 14.2. The predicted octanol–water partition coefficient (Wildman–Crippen LogP) is 3.66. The molecule has 0 bridgehead atoms. The van der Waals surface area contributed by atoms with Crippen LogP contribution in [-0.2, 0) is 13.1 Å². The number of para-hydroxylation sites is 1. The molecule has 4 heteroatoms. The van der Waals surface area contributed by atoms with E-state index >= 15 is 0 Å². The molecule has 1 aromatic heterocycles. The fourth-order valence-corrected chi connectivity index (χ4v) is 2.91. The molecule has 0 saturated carbocycles. The van der Waals surface area contributed by atoms with E-state index < -0.39 is 0 Å². The van der Waals surface area contributed by atoms with Crippen LogP contribution >= 0.6 is 0 Å². The second kappa shape index (κ2) is 7.41. The Hall–Kier alpha value is -2.46. The van der Waals surface area contributed by atoms with E-state index in [1.807, 2.05) is 47.0 Å². The Morgan fingerprint density at radius 1 is 1.08 bits per heavy atom. The van der Waals surface area contributed by atoms with E-state index in [1.54, 1.807) is 0 Å². The Labute approximate surface area is 142 Å². The first-order valence-corrected chi connectivity index (χ1v) is 8.47. The minimum Gasteiger partial charge on any atom is -0.303 e. The Morgan fingerprint density at radius 2 is 1.79 bits per heavy atom. The van der Waals surface area contributed by atoms with Crippen molar-refractivity contribution < 1.29 is 0 Å². The highest BCUT2D eigenvalue weighted by Gasteiger charge is 2.15. The van der Waals surface area contributed by atoms with Crippen molar-refractivity contribution in [3.05, 3.63) is 76.3 Å². The molecule has 24 heavy (non-hydrogen) atoms. The highest BCUT2D eigenvalue weighted by molar-refractivity contribution is 5.77. The quantitative estimate of drug-likeness (QED) is 0.754. The van der Waals surface area contributed by atoms with Crippen molar-refractivity contribution in [1.29, 1.82) is 0 Å². The Morgan fingerprint density at radius 3 is 2.54 bits per heavy atom. The SMILES string of the molecule is CCCn1c(C(C)NCc2ccccc2)nc2ccccc2c1=O. The summed E-state index contributed by atoms with van der Waals surface area (Å²) in [5, 5.41) is 4.17. The molecule has 0 fully saturated rings. The van der Waals surface area contributed by atoms with E-state index in [0.29, 0.717) is 11.9 Å². The molecule has 1 unspecified atom stereocenters. The van der Waals surface area contributed by atoms with Gasteiger partial charge in [-0.3, -0.25) is 9.36 Å². The summed E-state index contributed by atoms with van der Waals surface area (Å²) >= 11 is 0. The van der Waals surface area contributed by atoms with Crippen molar-refractivity contribution in [3.63, 3.8) is 0 Å². The van der Waals surface area contributed by atoms with Gasteiger partial charge in [-0.2, -0.15) is 0 Å². The maximum absolute atomic E-state index is 12.8. The van der Waals surface area contributed by atoms with Crippen LogP contribution in [0.5, 0.6) is 0 Å². The van der Waals surface area contributed by atoms with Gasteiger partial charge in [0.05, 0.1) is 16.9 Å². The molecule has 4 nitrogen and oxygen atoms in total. The number of fused-ring (bicyclic) bond motifs is 1. The van der Waals surface area contributed by atoms with E-state index in [0.717, 1.165) is 24.3 Å². The van der Waals surface area contributed by atoms with Crippen LogP contribution in [0, 0.1) is 0 Å². The molecule has 1 N–H and O–H groups in total. The molecule has 0 aliphatic heterocycles. The van der Waals surface area contributed by atoms with Gasteiger partial charge in [0.25, 0.3) is 5.56 Å². The average molecular weight is 321 g/mol. The van der Waals surface area contributed by atoms with E-state index in [4.69, 9.17) is 4.98 Å². The van der Waals surface area contributed by atoms with Crippen molar-refractivity contribution in [2.75, 3.05) is 0 Å². The van der Waals surface area contributed by atoms with Crippen molar-refractivity contribution in [2.24, 2.45) is 0 Å². The second-order valence-electron chi connectivity index (χ2n) is 6.03. The third kappa shape index (κ3) is 3.39. The van der Waals surface area contributed by atoms with Crippen LogP contribution in [-0.4, -0.2) is 9.55 Å². The van der Waals surface area contributed by atoms with Gasteiger partial charge < -0.3 is 5.32 Å². The number of nitrogens with zero attached hydrogens (tertiary/aromatic N) is 2. The molecule has 1 atom stereocenters. The molecule has 0 aliphatic rings. The van der Waals surface area contributed by atoms with E-state index in [2.05, 4.69) is 31.3 Å². The van der Waals surface area contributed by atoms with Gasteiger partial charge in [0, 0.05) is 13.1 Å². The molecule has 1 heterocycles. The summed E-state index contributed by atoms with van der Waals surface area (Å²) in [5.41, 5.74) is 2.03. The number of hydrogen-bond donors (Lipinski definition) is 1. The Kier molecular flexibility index (Phi) is 5.06. The summed E-state index contributed by atoms with van der Waals surface area (Å²) in [7, 11) is 0. The molecule has 3 aromatic rings. The summed E-state index contributed by atoms with van der Waals surface area (Å²) in [5.74, 6) is 0.802. The van der Waals surface area contributed by atoms with Crippen LogP contribution in [0.2, 0.25) is 0 Å². The number of benzene rings is 2. The normalized spacial score (nSPS) is 12.4. The number of aromatic nitrogens is 2. The number of hydrogen-bond acceptors (Lipinski definition) is 3. The topological polar surface area (TPSA) is 46.9 Å². The van der Waals surface area contributed by atoms with Gasteiger partial charge in [-0.1, -0.05) is 49.4 Å². The molecule has 0 saturated heterocycles. The highest BCUT2D eigenvalue weighted by atomic mass is 16.1. The van der Waals surface area contributed by atoms with Crippen LogP contribution in [0.15, 0.2) is 59.4 Å². The molecule has 124 valence electrons. The average Bonchev–Trinajstić information content (AvgIpc) is 2.63. The van der Waals surface area contributed by atoms with Crippen LogP contribution < -0.4 is 10.9 Å². The maximum Gasteiger partial charge on any atom is 0.261 e. The first-order valence-electron chi connectivity index (χ1n) is 8.47. The lowest BCUT2D eigenvalue weighted by atomic mass is 10.2. The van der Waals surface area contributed by atoms with Gasteiger partial charge in [-0.25, -0.2) is 4.98 Å². The maximum atomic E-state index is 12.8. The summed E-state index contributed by atoms with van der Waals surface area (Å²) in [6, 6.07) is 17.8. The lowest BCUT2D eigenvalue weighted by molar-refractivity contribution is 0.493. The van der Waals surface area contributed by atoms with Crippen molar-refractivity contribution in [1.82, 2.24) is 14.9 Å². The Bertz CT molecular complexity index is 871. The predicted molar refractivity (Wildman–Crippen MR) is 98.0 cm³/mol. The van der Waals surface area contributed by atoms with Gasteiger partial charge in [-0.15, -0.1) is 0 Å². The minimum absolute atomic E-state index is 0.00550. The summed E-state index contributed by atoms with van der Waals surface area (Å²) < 4.78 is 1.81. The highest BCUT2D eigenvalue weighted by Crippen LogP contribution is 2.15. The smallest absolute Gasteiger partial charge is 0.261 e. The summed E-state index contributed by atoms with van der Waals surface area (Å²) in [6.45, 7) is 5.57.